The Balaban J connectivity index is 1.93. The number of aliphatic hydroxyl groups excluding tert-OH is 1. The molecule has 3 heteroatoms. The lowest BCUT2D eigenvalue weighted by Gasteiger charge is -2.16. The van der Waals surface area contributed by atoms with Crippen LogP contribution >= 0.6 is 0 Å². The van der Waals surface area contributed by atoms with Gasteiger partial charge in [-0.1, -0.05) is 31.6 Å². The van der Waals surface area contributed by atoms with Crippen molar-refractivity contribution in [3.63, 3.8) is 0 Å². The number of amides is 1. The molecular weight excluding hydrogens is 262 g/mol. The topological polar surface area (TPSA) is 49.3 Å². The summed E-state index contributed by atoms with van der Waals surface area (Å²) in [5, 5.41) is 11.8. The molecule has 112 valence electrons. The number of aliphatic hydroxyl groups is 1. The van der Waals surface area contributed by atoms with Crippen LogP contribution in [0.25, 0.3) is 0 Å². The van der Waals surface area contributed by atoms with E-state index in [2.05, 4.69) is 24.1 Å². The Hall–Kier alpha value is -1.79. The van der Waals surface area contributed by atoms with Gasteiger partial charge in [0.25, 0.3) is 5.91 Å². The van der Waals surface area contributed by atoms with Crippen LogP contribution in [0.3, 0.4) is 0 Å². The summed E-state index contributed by atoms with van der Waals surface area (Å²) in [7, 11) is 0. The van der Waals surface area contributed by atoms with Crippen molar-refractivity contribution in [1.29, 1.82) is 0 Å². The van der Waals surface area contributed by atoms with Crippen molar-refractivity contribution in [3.05, 3.63) is 35.4 Å². The lowest BCUT2D eigenvalue weighted by atomic mass is 10.0. The smallest absolute Gasteiger partial charge is 0.251 e. The molecule has 2 N–H and O–H groups in total. The van der Waals surface area contributed by atoms with Gasteiger partial charge in [-0.3, -0.25) is 4.79 Å². The molecule has 0 aliphatic heterocycles. The molecule has 1 aromatic carbocycles. The van der Waals surface area contributed by atoms with Crippen molar-refractivity contribution in [1.82, 2.24) is 5.32 Å². The molecule has 21 heavy (non-hydrogen) atoms. The fourth-order valence-corrected chi connectivity index (χ4v) is 2.75. The Morgan fingerprint density at radius 1 is 1.24 bits per heavy atom. The molecule has 2 unspecified atom stereocenters. The first-order chi connectivity index (χ1) is 10.2. The van der Waals surface area contributed by atoms with Crippen LogP contribution in [-0.2, 0) is 0 Å². The first kappa shape index (κ1) is 15.6. The molecule has 0 saturated heterocycles. The van der Waals surface area contributed by atoms with Gasteiger partial charge in [0.1, 0.15) is 6.61 Å². The highest BCUT2D eigenvalue weighted by molar-refractivity contribution is 5.94. The minimum atomic E-state index is -0.150. The molecule has 3 nitrogen and oxygen atoms in total. The fraction of sp³-hybridized carbons (Fsp3) is 0.500. The van der Waals surface area contributed by atoms with Crippen LogP contribution in [0.15, 0.2) is 24.3 Å². The Kier molecular flexibility index (Phi) is 5.83. The molecule has 0 bridgehead atoms. The van der Waals surface area contributed by atoms with Gasteiger partial charge >= 0.3 is 0 Å². The Morgan fingerprint density at radius 3 is 2.71 bits per heavy atom. The summed E-state index contributed by atoms with van der Waals surface area (Å²) in [4.78, 5) is 12.2. The maximum atomic E-state index is 12.2. The second kappa shape index (κ2) is 7.85. The number of rotatable bonds is 2. The summed E-state index contributed by atoms with van der Waals surface area (Å²) < 4.78 is 0. The van der Waals surface area contributed by atoms with Crippen LogP contribution in [-0.4, -0.2) is 23.7 Å². The lowest BCUT2D eigenvalue weighted by Crippen LogP contribution is -2.34. The second-order valence-corrected chi connectivity index (χ2v) is 5.82. The lowest BCUT2D eigenvalue weighted by molar-refractivity contribution is 0.0933. The third kappa shape index (κ3) is 4.91. The summed E-state index contributed by atoms with van der Waals surface area (Å²) >= 11 is 0. The van der Waals surface area contributed by atoms with Gasteiger partial charge in [0.05, 0.1) is 0 Å². The number of hydrogen-bond acceptors (Lipinski definition) is 2. The van der Waals surface area contributed by atoms with Crippen molar-refractivity contribution in [2.24, 2.45) is 5.92 Å². The highest BCUT2D eigenvalue weighted by Crippen LogP contribution is 2.22. The largest absolute Gasteiger partial charge is 0.384 e. The normalized spacial score (nSPS) is 21.8. The van der Waals surface area contributed by atoms with Crippen molar-refractivity contribution in [2.75, 3.05) is 6.61 Å². The zero-order valence-electron chi connectivity index (χ0n) is 12.6. The molecule has 1 aromatic rings. The van der Waals surface area contributed by atoms with Gasteiger partial charge < -0.3 is 10.4 Å². The number of benzene rings is 1. The Bertz CT molecular complexity index is 524. The summed E-state index contributed by atoms with van der Waals surface area (Å²) in [6.07, 6.45) is 5.82. The monoisotopic (exact) mass is 285 g/mol. The molecule has 1 aliphatic rings. The third-order valence-electron chi connectivity index (χ3n) is 4.05. The summed E-state index contributed by atoms with van der Waals surface area (Å²) in [5.74, 6) is 6.19. The van der Waals surface area contributed by atoms with E-state index in [-0.39, 0.29) is 12.5 Å². The van der Waals surface area contributed by atoms with E-state index in [0.29, 0.717) is 11.6 Å². The number of carbonyl (C=O) groups excluding carboxylic acids is 1. The van der Waals surface area contributed by atoms with Gasteiger partial charge in [-0.05, 0) is 49.4 Å². The van der Waals surface area contributed by atoms with E-state index in [4.69, 9.17) is 5.11 Å². The number of hydrogen-bond donors (Lipinski definition) is 2. The van der Waals surface area contributed by atoms with Gasteiger partial charge in [0, 0.05) is 17.2 Å². The first-order valence-corrected chi connectivity index (χ1v) is 7.69. The molecule has 1 aliphatic carbocycles. The second-order valence-electron chi connectivity index (χ2n) is 5.82. The zero-order valence-corrected chi connectivity index (χ0v) is 12.6. The third-order valence-corrected chi connectivity index (χ3v) is 4.05. The van der Waals surface area contributed by atoms with E-state index < -0.39 is 0 Å². The van der Waals surface area contributed by atoms with Crippen molar-refractivity contribution < 1.29 is 9.90 Å². The maximum Gasteiger partial charge on any atom is 0.251 e. The van der Waals surface area contributed by atoms with Crippen LogP contribution < -0.4 is 5.32 Å². The number of carbonyl (C=O) groups is 1. The molecule has 2 atom stereocenters. The van der Waals surface area contributed by atoms with Gasteiger partial charge in [0.15, 0.2) is 0 Å². The average Bonchev–Trinajstić information content (AvgIpc) is 2.70. The molecule has 0 radical (unpaired) electrons. The first-order valence-electron chi connectivity index (χ1n) is 7.69. The highest BCUT2D eigenvalue weighted by atomic mass is 16.2. The minimum Gasteiger partial charge on any atom is -0.384 e. The van der Waals surface area contributed by atoms with Crippen LogP contribution in [0.1, 0.15) is 54.9 Å². The molecule has 1 saturated carbocycles. The molecular formula is C18H23NO2. The van der Waals surface area contributed by atoms with Crippen LogP contribution in [0.4, 0.5) is 0 Å². The van der Waals surface area contributed by atoms with E-state index in [1.54, 1.807) is 12.1 Å². The van der Waals surface area contributed by atoms with Crippen LogP contribution in [0.5, 0.6) is 0 Å². The Labute approximate surface area is 126 Å². The SMILES string of the molecule is CC1CCCC(NC(=O)c2ccc(C#CCO)cc2)CC1. The standard InChI is InChI=1S/C18H23NO2/c1-14-4-2-6-17(12-7-14)19-18(21)16-10-8-15(9-11-16)5-3-13-20/h8-11,14,17,20H,2,4,6-7,12-13H2,1H3,(H,19,21). The van der Waals surface area contributed by atoms with Crippen LogP contribution in [0.2, 0.25) is 0 Å². The zero-order chi connectivity index (χ0) is 15.1. The van der Waals surface area contributed by atoms with Gasteiger partial charge in [-0.15, -0.1) is 0 Å². The highest BCUT2D eigenvalue weighted by Gasteiger charge is 2.18. The Morgan fingerprint density at radius 2 is 2.00 bits per heavy atom. The minimum absolute atomic E-state index is 0.00350. The summed E-state index contributed by atoms with van der Waals surface area (Å²) in [6, 6.07) is 7.50. The molecule has 0 spiro atoms. The van der Waals surface area contributed by atoms with Crippen molar-refractivity contribution >= 4 is 5.91 Å². The van der Waals surface area contributed by atoms with E-state index >= 15 is 0 Å². The van der Waals surface area contributed by atoms with Gasteiger partial charge in [0.2, 0.25) is 0 Å². The van der Waals surface area contributed by atoms with Crippen LogP contribution in [0, 0.1) is 17.8 Å². The van der Waals surface area contributed by atoms with Gasteiger partial charge in [-0.2, -0.15) is 0 Å². The quantitative estimate of drug-likeness (QED) is 0.648. The predicted molar refractivity (Wildman–Crippen MR) is 83.9 cm³/mol. The summed E-state index contributed by atoms with van der Waals surface area (Å²) in [6.45, 7) is 2.14. The van der Waals surface area contributed by atoms with Crippen molar-refractivity contribution in [3.8, 4) is 11.8 Å². The molecule has 0 heterocycles. The molecule has 2 rings (SSSR count). The predicted octanol–water partition coefficient (Wildman–Crippen LogP) is 2.73. The van der Waals surface area contributed by atoms with E-state index in [0.717, 1.165) is 24.3 Å². The average molecular weight is 285 g/mol. The van der Waals surface area contributed by atoms with E-state index in [1.165, 1.54) is 19.3 Å². The number of nitrogens with one attached hydrogen (secondary N) is 1. The van der Waals surface area contributed by atoms with Crippen molar-refractivity contribution in [2.45, 2.75) is 45.1 Å². The maximum absolute atomic E-state index is 12.2. The molecule has 1 amide bonds. The van der Waals surface area contributed by atoms with Gasteiger partial charge in [-0.25, -0.2) is 0 Å². The molecule has 0 aromatic heterocycles. The van der Waals surface area contributed by atoms with E-state index in [9.17, 15) is 4.79 Å². The molecule has 1 fully saturated rings. The fourth-order valence-electron chi connectivity index (χ4n) is 2.75. The van der Waals surface area contributed by atoms with E-state index in [1.807, 2.05) is 12.1 Å². The summed E-state index contributed by atoms with van der Waals surface area (Å²) in [5.41, 5.74) is 1.48.